The Balaban J connectivity index is 2.83. The number of hydrazine groups is 1. The van der Waals surface area contributed by atoms with Gasteiger partial charge in [0.1, 0.15) is 5.82 Å². The van der Waals surface area contributed by atoms with Crippen molar-refractivity contribution in [3.8, 4) is 0 Å². The molecule has 0 spiro atoms. The van der Waals surface area contributed by atoms with Crippen LogP contribution < -0.4 is 16.2 Å². The second-order valence-electron chi connectivity index (χ2n) is 2.48. The molecule has 13 heavy (non-hydrogen) atoms. The van der Waals surface area contributed by atoms with Gasteiger partial charge in [-0.15, -0.1) is 0 Å². The van der Waals surface area contributed by atoms with Gasteiger partial charge in [0.2, 0.25) is 0 Å². The number of nitrogens with two attached hydrogens (primary N) is 1. The lowest BCUT2D eigenvalue weighted by Crippen LogP contribution is -2.41. The quantitative estimate of drug-likeness (QED) is 0.385. The van der Waals surface area contributed by atoms with Crippen LogP contribution in [0.5, 0.6) is 0 Å². The van der Waals surface area contributed by atoms with Crippen molar-refractivity contribution in [1.82, 2.24) is 5.43 Å². The van der Waals surface area contributed by atoms with Crippen molar-refractivity contribution in [2.24, 2.45) is 5.84 Å². The number of nitrogens with zero attached hydrogens (tertiary/aromatic N) is 1. The first-order chi connectivity index (χ1) is 6.15. The second kappa shape index (κ2) is 3.86. The van der Waals surface area contributed by atoms with Crippen LogP contribution in [-0.2, 0) is 0 Å². The number of hydrogen-bond acceptors (Lipinski definition) is 2. The molecule has 70 valence electrons. The van der Waals surface area contributed by atoms with Crippen LogP contribution in [0.15, 0.2) is 24.3 Å². The van der Waals surface area contributed by atoms with E-state index in [1.54, 1.807) is 0 Å². The van der Waals surface area contributed by atoms with Gasteiger partial charge in [0.05, 0.1) is 0 Å². The van der Waals surface area contributed by atoms with Crippen LogP contribution in [0.1, 0.15) is 0 Å². The van der Waals surface area contributed by atoms with E-state index in [9.17, 15) is 9.18 Å². The third-order valence-corrected chi connectivity index (χ3v) is 1.64. The van der Waals surface area contributed by atoms with Gasteiger partial charge >= 0.3 is 6.03 Å². The minimum absolute atomic E-state index is 0.342. The summed E-state index contributed by atoms with van der Waals surface area (Å²) in [5, 5.41) is 0. The van der Waals surface area contributed by atoms with E-state index >= 15 is 0 Å². The maximum atomic E-state index is 12.5. The van der Waals surface area contributed by atoms with Crippen LogP contribution in [0, 0.1) is 5.82 Å². The highest BCUT2D eigenvalue weighted by Crippen LogP contribution is 2.12. The van der Waals surface area contributed by atoms with Crippen LogP contribution in [0.4, 0.5) is 14.9 Å². The molecule has 1 rings (SSSR count). The highest BCUT2D eigenvalue weighted by molar-refractivity contribution is 5.90. The first-order valence-corrected chi connectivity index (χ1v) is 3.65. The zero-order valence-corrected chi connectivity index (χ0v) is 7.12. The summed E-state index contributed by atoms with van der Waals surface area (Å²) in [5.41, 5.74) is 2.54. The fourth-order valence-electron chi connectivity index (χ4n) is 0.879. The third kappa shape index (κ3) is 2.16. The number of nitrogens with one attached hydrogen (secondary N) is 1. The molecular weight excluding hydrogens is 173 g/mol. The maximum absolute atomic E-state index is 12.5. The molecule has 0 atom stereocenters. The molecule has 0 aliphatic rings. The molecule has 0 radical (unpaired) electrons. The molecule has 0 unspecified atom stereocenters. The first kappa shape index (κ1) is 9.47. The minimum atomic E-state index is -0.452. The molecule has 0 fully saturated rings. The Morgan fingerprint density at radius 2 is 2.00 bits per heavy atom. The van der Waals surface area contributed by atoms with E-state index in [2.05, 4.69) is 0 Å². The Hall–Kier alpha value is -1.62. The van der Waals surface area contributed by atoms with Crippen LogP contribution >= 0.6 is 0 Å². The molecule has 1 aromatic rings. The van der Waals surface area contributed by atoms with Gasteiger partial charge in [-0.3, -0.25) is 10.3 Å². The second-order valence-corrected chi connectivity index (χ2v) is 2.48. The average Bonchev–Trinajstić information content (AvgIpc) is 2.17. The molecular formula is C8H10FN3O. The zero-order chi connectivity index (χ0) is 9.84. The normalized spacial score (nSPS) is 9.46. The molecule has 1 aromatic carbocycles. The number of anilines is 1. The SMILES string of the molecule is CN(C(=O)NN)c1ccc(F)cc1. The molecule has 0 aliphatic carbocycles. The molecule has 4 nitrogen and oxygen atoms in total. The van der Waals surface area contributed by atoms with Crippen molar-refractivity contribution in [3.63, 3.8) is 0 Å². The summed E-state index contributed by atoms with van der Waals surface area (Å²) in [4.78, 5) is 12.3. The summed E-state index contributed by atoms with van der Waals surface area (Å²) in [6, 6.07) is 5.08. The molecule has 0 bridgehead atoms. The molecule has 2 amide bonds. The Morgan fingerprint density at radius 3 is 2.46 bits per heavy atom. The van der Waals surface area contributed by atoms with E-state index in [0.717, 1.165) is 0 Å². The Bertz CT molecular complexity index is 299. The van der Waals surface area contributed by atoms with Crippen LogP contribution in [-0.4, -0.2) is 13.1 Å². The lowest BCUT2D eigenvalue weighted by Gasteiger charge is -2.15. The van der Waals surface area contributed by atoms with Crippen LogP contribution in [0.2, 0.25) is 0 Å². The van der Waals surface area contributed by atoms with Gasteiger partial charge < -0.3 is 0 Å². The summed E-state index contributed by atoms with van der Waals surface area (Å²) in [6.07, 6.45) is 0. The molecule has 0 aromatic heterocycles. The predicted octanol–water partition coefficient (Wildman–Crippen LogP) is 0.845. The number of carbonyl (C=O) groups excluding carboxylic acids is 1. The molecule has 0 saturated carbocycles. The maximum Gasteiger partial charge on any atom is 0.335 e. The topological polar surface area (TPSA) is 58.4 Å². The van der Waals surface area contributed by atoms with E-state index < -0.39 is 6.03 Å². The number of hydrogen-bond donors (Lipinski definition) is 2. The Morgan fingerprint density at radius 1 is 1.46 bits per heavy atom. The van der Waals surface area contributed by atoms with Crippen LogP contribution in [0.3, 0.4) is 0 Å². The smallest absolute Gasteiger partial charge is 0.296 e. The number of benzene rings is 1. The lowest BCUT2D eigenvalue weighted by atomic mass is 10.3. The van der Waals surface area contributed by atoms with E-state index in [-0.39, 0.29) is 5.82 Å². The highest BCUT2D eigenvalue weighted by Gasteiger charge is 2.07. The van der Waals surface area contributed by atoms with Gasteiger partial charge in [0.15, 0.2) is 0 Å². The zero-order valence-electron chi connectivity index (χ0n) is 7.12. The van der Waals surface area contributed by atoms with Crippen molar-refractivity contribution in [3.05, 3.63) is 30.1 Å². The van der Waals surface area contributed by atoms with Crippen LogP contribution in [0.25, 0.3) is 0 Å². The highest BCUT2D eigenvalue weighted by atomic mass is 19.1. The monoisotopic (exact) mass is 183 g/mol. The Labute approximate surface area is 75.1 Å². The van der Waals surface area contributed by atoms with Crippen molar-refractivity contribution >= 4 is 11.7 Å². The van der Waals surface area contributed by atoms with E-state index in [1.807, 2.05) is 5.43 Å². The van der Waals surface area contributed by atoms with Gasteiger partial charge in [-0.05, 0) is 24.3 Å². The minimum Gasteiger partial charge on any atom is -0.296 e. The summed E-state index contributed by atoms with van der Waals surface area (Å²) in [6.45, 7) is 0. The average molecular weight is 183 g/mol. The number of amides is 2. The van der Waals surface area contributed by atoms with E-state index in [1.165, 1.54) is 36.2 Å². The largest absolute Gasteiger partial charge is 0.335 e. The number of carbonyl (C=O) groups is 1. The van der Waals surface area contributed by atoms with Gasteiger partial charge in [-0.2, -0.15) is 0 Å². The van der Waals surface area contributed by atoms with E-state index in [0.29, 0.717) is 5.69 Å². The van der Waals surface area contributed by atoms with Crippen molar-refractivity contribution in [2.75, 3.05) is 11.9 Å². The third-order valence-electron chi connectivity index (χ3n) is 1.64. The molecule has 3 N–H and O–H groups in total. The summed E-state index contributed by atoms with van der Waals surface area (Å²) in [7, 11) is 1.54. The Kier molecular flexibility index (Phi) is 2.81. The fraction of sp³-hybridized carbons (Fsp3) is 0.125. The van der Waals surface area contributed by atoms with Gasteiger partial charge in [-0.1, -0.05) is 0 Å². The summed E-state index contributed by atoms with van der Waals surface area (Å²) >= 11 is 0. The molecule has 0 saturated heterocycles. The van der Waals surface area contributed by atoms with E-state index in [4.69, 9.17) is 5.84 Å². The molecule has 0 heterocycles. The number of urea groups is 1. The summed E-state index contributed by atoms with van der Waals surface area (Å²) in [5.74, 6) is 4.58. The van der Waals surface area contributed by atoms with Crippen molar-refractivity contribution in [2.45, 2.75) is 0 Å². The molecule has 0 aliphatic heterocycles. The number of rotatable bonds is 1. The van der Waals surface area contributed by atoms with Gasteiger partial charge in [0, 0.05) is 12.7 Å². The fourth-order valence-corrected chi connectivity index (χ4v) is 0.879. The predicted molar refractivity (Wildman–Crippen MR) is 47.5 cm³/mol. The van der Waals surface area contributed by atoms with Crippen molar-refractivity contribution in [1.29, 1.82) is 0 Å². The summed E-state index contributed by atoms with van der Waals surface area (Å²) < 4.78 is 12.5. The lowest BCUT2D eigenvalue weighted by molar-refractivity contribution is 0.247. The van der Waals surface area contributed by atoms with Crippen molar-refractivity contribution < 1.29 is 9.18 Å². The van der Waals surface area contributed by atoms with Gasteiger partial charge in [-0.25, -0.2) is 15.0 Å². The van der Waals surface area contributed by atoms with Gasteiger partial charge in [0.25, 0.3) is 0 Å². The standard InChI is InChI=1S/C8H10FN3O/c1-12(8(13)11-10)7-4-2-6(9)3-5-7/h2-5H,10H2,1H3,(H,11,13). The molecule has 5 heteroatoms. The number of halogens is 1. The first-order valence-electron chi connectivity index (χ1n) is 3.65.